The van der Waals surface area contributed by atoms with Crippen LogP contribution in [-0.4, -0.2) is 0 Å². The molecule has 0 aromatic heterocycles. The molecule has 0 heteroatoms. The molecule has 4 saturated carbocycles. The highest BCUT2D eigenvalue weighted by Crippen LogP contribution is 2.56. The molecule has 0 nitrogen and oxygen atoms in total. The fourth-order valence-electron chi connectivity index (χ4n) is 8.34. The highest BCUT2D eigenvalue weighted by atomic mass is 14.5. The largest absolute Gasteiger partial charge is 0.0654 e. The zero-order chi connectivity index (χ0) is 22.1. The molecule has 0 aromatic carbocycles. The van der Waals surface area contributed by atoms with Gasteiger partial charge in [0.05, 0.1) is 0 Å². The molecule has 31 heavy (non-hydrogen) atoms. The third kappa shape index (κ3) is 7.78. The minimum Gasteiger partial charge on any atom is -0.0654 e. The minimum atomic E-state index is 1.01. The molecule has 0 heterocycles. The third-order valence-electron chi connectivity index (χ3n) is 10.3. The van der Waals surface area contributed by atoms with Crippen LogP contribution in [0.2, 0.25) is 0 Å². The fourth-order valence-corrected chi connectivity index (χ4v) is 8.34. The van der Waals surface area contributed by atoms with Crippen molar-refractivity contribution in [2.45, 2.75) is 150 Å². The van der Waals surface area contributed by atoms with Gasteiger partial charge in [-0.25, -0.2) is 0 Å². The number of fused-ring (bicyclic) bond motifs is 1. The van der Waals surface area contributed by atoms with Crippen LogP contribution in [0.15, 0.2) is 0 Å². The molecule has 4 aliphatic carbocycles. The normalized spacial score (nSPS) is 40.1. The van der Waals surface area contributed by atoms with Crippen LogP contribution in [0.5, 0.6) is 0 Å². The first-order chi connectivity index (χ1) is 15.1. The summed E-state index contributed by atoms with van der Waals surface area (Å²) in [5.41, 5.74) is 0. The van der Waals surface area contributed by atoms with Crippen LogP contribution >= 0.6 is 0 Å². The minimum absolute atomic E-state index is 1.01. The zero-order valence-electron chi connectivity index (χ0n) is 22.1. The Balaban J connectivity index is 0.000000229. The highest BCUT2D eigenvalue weighted by molar-refractivity contribution is 4.97. The summed E-state index contributed by atoms with van der Waals surface area (Å²) in [6.45, 7) is 9.87. The highest BCUT2D eigenvalue weighted by Gasteiger charge is 2.47. The predicted molar refractivity (Wildman–Crippen MR) is 138 cm³/mol. The van der Waals surface area contributed by atoms with Crippen molar-refractivity contribution >= 4 is 0 Å². The van der Waals surface area contributed by atoms with Crippen LogP contribution in [-0.2, 0) is 0 Å². The molecule has 0 amide bonds. The Morgan fingerprint density at radius 3 is 1.84 bits per heavy atom. The van der Waals surface area contributed by atoms with Crippen molar-refractivity contribution in [3.63, 3.8) is 0 Å². The van der Waals surface area contributed by atoms with Crippen LogP contribution in [0.25, 0.3) is 0 Å². The summed E-state index contributed by atoms with van der Waals surface area (Å²) >= 11 is 0. The van der Waals surface area contributed by atoms with Gasteiger partial charge in [-0.1, -0.05) is 118 Å². The molecule has 4 fully saturated rings. The van der Waals surface area contributed by atoms with E-state index in [9.17, 15) is 0 Å². The van der Waals surface area contributed by atoms with Gasteiger partial charge in [0.15, 0.2) is 0 Å². The average molecular weight is 431 g/mol. The van der Waals surface area contributed by atoms with Crippen LogP contribution < -0.4 is 0 Å². The van der Waals surface area contributed by atoms with Crippen LogP contribution in [0.4, 0.5) is 0 Å². The lowest BCUT2D eigenvalue weighted by atomic mass is 9.56. The maximum absolute atomic E-state index is 2.60. The Kier molecular flexibility index (Phi) is 11.3. The van der Waals surface area contributed by atoms with Gasteiger partial charge < -0.3 is 0 Å². The van der Waals surface area contributed by atoms with E-state index in [4.69, 9.17) is 0 Å². The van der Waals surface area contributed by atoms with Crippen molar-refractivity contribution in [3.05, 3.63) is 0 Å². The summed E-state index contributed by atoms with van der Waals surface area (Å²) in [5.74, 6) is 8.55. The Morgan fingerprint density at radius 2 is 1.19 bits per heavy atom. The summed E-state index contributed by atoms with van der Waals surface area (Å²) in [5, 5.41) is 0. The molecule has 0 aliphatic heterocycles. The molecule has 4 rings (SSSR count). The van der Waals surface area contributed by atoms with E-state index in [1.165, 1.54) is 83.5 Å². The standard InChI is InChI=1S/C21H38.C10H20/c1-4-5-8-19-16(3)14-18-7-6-9-20(18)21(19)17-12-10-15(2)11-13-17;1-10-8-6-4-2-3-5-7-9-10/h15-21H,4-14H2,1-3H3;10H,2-9H2,1H3. The van der Waals surface area contributed by atoms with Gasteiger partial charge in [0.1, 0.15) is 0 Å². The lowest BCUT2D eigenvalue weighted by molar-refractivity contribution is -0.00156. The number of unbranched alkanes of at least 4 members (excludes halogenated alkanes) is 1. The fraction of sp³-hybridized carbons (Fsp3) is 1.00. The van der Waals surface area contributed by atoms with Crippen LogP contribution in [0.3, 0.4) is 0 Å². The Labute approximate surface area is 197 Å². The molecule has 0 aromatic rings. The Morgan fingerprint density at radius 1 is 0.581 bits per heavy atom. The van der Waals surface area contributed by atoms with Crippen molar-refractivity contribution < 1.29 is 0 Å². The summed E-state index contributed by atoms with van der Waals surface area (Å²) in [6, 6.07) is 0. The van der Waals surface area contributed by atoms with E-state index in [1.54, 1.807) is 38.5 Å². The number of rotatable bonds is 4. The third-order valence-corrected chi connectivity index (χ3v) is 10.3. The Hall–Kier alpha value is 0. The molecular formula is C31H58. The molecule has 0 N–H and O–H groups in total. The quantitative estimate of drug-likeness (QED) is 0.416. The molecule has 0 saturated heterocycles. The summed E-state index contributed by atoms with van der Waals surface area (Å²) < 4.78 is 0. The van der Waals surface area contributed by atoms with Crippen molar-refractivity contribution in [1.29, 1.82) is 0 Å². The van der Waals surface area contributed by atoms with Crippen molar-refractivity contribution in [1.82, 2.24) is 0 Å². The van der Waals surface area contributed by atoms with Crippen molar-refractivity contribution in [2.24, 2.45) is 47.3 Å². The van der Waals surface area contributed by atoms with E-state index in [-0.39, 0.29) is 0 Å². The summed E-state index contributed by atoms with van der Waals surface area (Å²) in [7, 11) is 0. The monoisotopic (exact) mass is 430 g/mol. The first kappa shape index (κ1) is 25.6. The first-order valence-electron chi connectivity index (χ1n) is 15.1. The van der Waals surface area contributed by atoms with Crippen LogP contribution in [0.1, 0.15) is 150 Å². The van der Waals surface area contributed by atoms with Crippen molar-refractivity contribution in [3.8, 4) is 0 Å². The lowest BCUT2D eigenvalue weighted by Gasteiger charge is -2.49. The van der Waals surface area contributed by atoms with Gasteiger partial charge in [-0.2, -0.15) is 0 Å². The smallest absolute Gasteiger partial charge is 0.0324 e. The second kappa shape index (κ2) is 13.6. The van der Waals surface area contributed by atoms with E-state index in [0.29, 0.717) is 0 Å². The summed E-state index contributed by atoms with van der Waals surface area (Å²) in [4.78, 5) is 0. The van der Waals surface area contributed by atoms with E-state index in [2.05, 4.69) is 27.7 Å². The van der Waals surface area contributed by atoms with Crippen molar-refractivity contribution in [2.75, 3.05) is 0 Å². The van der Waals surface area contributed by atoms with Gasteiger partial charge >= 0.3 is 0 Å². The molecule has 5 unspecified atom stereocenters. The second-order valence-corrected chi connectivity index (χ2v) is 12.8. The van der Waals surface area contributed by atoms with Gasteiger partial charge in [0, 0.05) is 0 Å². The molecule has 182 valence electrons. The van der Waals surface area contributed by atoms with E-state index in [1.807, 2.05) is 0 Å². The number of hydrogen-bond donors (Lipinski definition) is 0. The maximum atomic E-state index is 2.60. The van der Waals surface area contributed by atoms with Gasteiger partial charge in [0.25, 0.3) is 0 Å². The van der Waals surface area contributed by atoms with E-state index >= 15 is 0 Å². The van der Waals surface area contributed by atoms with Gasteiger partial charge in [-0.3, -0.25) is 0 Å². The summed E-state index contributed by atoms with van der Waals surface area (Å²) in [6.07, 6.45) is 28.7. The Bertz CT molecular complexity index is 449. The number of hydrogen-bond acceptors (Lipinski definition) is 0. The predicted octanol–water partition coefficient (Wildman–Crippen LogP) is 10.4. The van der Waals surface area contributed by atoms with Gasteiger partial charge in [0.2, 0.25) is 0 Å². The molecule has 0 bridgehead atoms. The molecule has 0 spiro atoms. The van der Waals surface area contributed by atoms with Gasteiger partial charge in [-0.05, 0) is 79.4 Å². The van der Waals surface area contributed by atoms with E-state index in [0.717, 1.165) is 47.3 Å². The van der Waals surface area contributed by atoms with Gasteiger partial charge in [-0.15, -0.1) is 0 Å². The maximum Gasteiger partial charge on any atom is -0.0324 e. The first-order valence-corrected chi connectivity index (χ1v) is 15.1. The SMILES string of the molecule is CC1CCCCCCCC1.CCCCC1C(C)CC2CCCC2C1C1CCC(C)CC1. The molecule has 5 atom stereocenters. The van der Waals surface area contributed by atoms with E-state index < -0.39 is 0 Å². The lowest BCUT2D eigenvalue weighted by Crippen LogP contribution is -2.42. The molecular weight excluding hydrogens is 372 g/mol. The topological polar surface area (TPSA) is 0 Å². The molecule has 4 aliphatic rings. The molecule has 0 radical (unpaired) electrons. The average Bonchev–Trinajstić information content (AvgIpc) is 3.26. The second-order valence-electron chi connectivity index (χ2n) is 12.8. The zero-order valence-corrected chi connectivity index (χ0v) is 22.1. The van der Waals surface area contributed by atoms with Crippen LogP contribution in [0, 0.1) is 47.3 Å².